The van der Waals surface area contributed by atoms with Crippen LogP contribution in [0.5, 0.6) is 0 Å². The van der Waals surface area contributed by atoms with Crippen molar-refractivity contribution in [3.63, 3.8) is 0 Å². The van der Waals surface area contributed by atoms with Crippen molar-refractivity contribution in [2.75, 3.05) is 13.1 Å². The number of carbonyl (C=O) groups excluding carboxylic acids is 1. The van der Waals surface area contributed by atoms with Crippen molar-refractivity contribution in [1.29, 1.82) is 0 Å². The summed E-state index contributed by atoms with van der Waals surface area (Å²) in [5.74, 6) is 1.01. The first-order valence-electron chi connectivity index (χ1n) is 6.29. The van der Waals surface area contributed by atoms with Gasteiger partial charge in [0, 0.05) is 25.6 Å². The predicted octanol–water partition coefficient (Wildman–Crippen LogP) is 1.52. The fraction of sp³-hybridized carbons (Fsp3) is 0.917. The molecule has 1 heterocycles. The molecule has 0 unspecified atom stereocenters. The van der Waals surface area contributed by atoms with E-state index >= 15 is 0 Å². The highest BCUT2D eigenvalue weighted by Crippen LogP contribution is 2.28. The molecule has 0 aromatic heterocycles. The maximum absolute atomic E-state index is 12.0. The first-order chi connectivity index (χ1) is 7.25. The quantitative estimate of drug-likeness (QED) is 0.751. The molecule has 0 aromatic rings. The molecule has 2 fully saturated rings. The highest BCUT2D eigenvalue weighted by Gasteiger charge is 2.25. The zero-order valence-corrected chi connectivity index (χ0v) is 9.45. The summed E-state index contributed by atoms with van der Waals surface area (Å²) in [7, 11) is 0. The van der Waals surface area contributed by atoms with Crippen LogP contribution >= 0.6 is 0 Å². The number of carbonyl (C=O) groups is 1. The summed E-state index contributed by atoms with van der Waals surface area (Å²) in [6.45, 7) is 1.71. The first-order valence-corrected chi connectivity index (χ1v) is 6.29. The maximum atomic E-state index is 12.0. The smallest absolute Gasteiger partial charge is 0.222 e. The van der Waals surface area contributed by atoms with Gasteiger partial charge in [-0.1, -0.05) is 12.8 Å². The van der Waals surface area contributed by atoms with Crippen molar-refractivity contribution in [3.8, 4) is 0 Å². The topological polar surface area (TPSA) is 46.3 Å². The van der Waals surface area contributed by atoms with E-state index in [0.717, 1.165) is 32.4 Å². The van der Waals surface area contributed by atoms with E-state index in [-0.39, 0.29) is 6.04 Å². The summed E-state index contributed by atoms with van der Waals surface area (Å²) < 4.78 is 0. The van der Waals surface area contributed by atoms with Gasteiger partial charge in [0.25, 0.3) is 0 Å². The molecule has 1 aliphatic heterocycles. The van der Waals surface area contributed by atoms with Gasteiger partial charge >= 0.3 is 0 Å². The zero-order chi connectivity index (χ0) is 10.7. The molecule has 0 aromatic carbocycles. The van der Waals surface area contributed by atoms with Crippen LogP contribution in [0.1, 0.15) is 44.9 Å². The summed E-state index contributed by atoms with van der Waals surface area (Å²) in [5.41, 5.74) is 5.88. The lowest BCUT2D eigenvalue weighted by Gasteiger charge is -2.31. The van der Waals surface area contributed by atoms with Crippen LogP contribution in [0.15, 0.2) is 0 Å². The van der Waals surface area contributed by atoms with E-state index in [1.54, 1.807) is 0 Å². The standard InChI is InChI=1S/C12H22N2O/c13-11-6-3-7-14(9-11)12(15)8-10-4-1-2-5-10/h10-11H,1-9,13H2/t11-/m0/s1. The highest BCUT2D eigenvalue weighted by atomic mass is 16.2. The minimum absolute atomic E-state index is 0.214. The Hall–Kier alpha value is -0.570. The van der Waals surface area contributed by atoms with Crippen molar-refractivity contribution >= 4 is 5.91 Å². The predicted molar refractivity (Wildman–Crippen MR) is 60.4 cm³/mol. The van der Waals surface area contributed by atoms with Gasteiger partial charge in [-0.15, -0.1) is 0 Å². The monoisotopic (exact) mass is 210 g/mol. The SMILES string of the molecule is N[C@H]1CCCN(C(=O)CC2CCCC2)C1. The second-order valence-electron chi connectivity index (χ2n) is 5.10. The number of hydrogen-bond acceptors (Lipinski definition) is 2. The van der Waals surface area contributed by atoms with Crippen molar-refractivity contribution in [2.45, 2.75) is 51.0 Å². The molecule has 0 spiro atoms. The summed E-state index contributed by atoms with van der Waals surface area (Å²) in [5, 5.41) is 0. The average molecular weight is 210 g/mol. The summed E-state index contributed by atoms with van der Waals surface area (Å²) >= 11 is 0. The lowest BCUT2D eigenvalue weighted by molar-refractivity contribution is -0.133. The normalized spacial score (nSPS) is 28.3. The van der Waals surface area contributed by atoms with Gasteiger partial charge in [0.2, 0.25) is 5.91 Å². The van der Waals surface area contributed by atoms with E-state index < -0.39 is 0 Å². The number of nitrogens with two attached hydrogens (primary N) is 1. The van der Waals surface area contributed by atoms with Crippen LogP contribution in [-0.2, 0) is 4.79 Å². The molecule has 2 aliphatic rings. The van der Waals surface area contributed by atoms with E-state index in [1.807, 2.05) is 4.90 Å². The average Bonchev–Trinajstić information content (AvgIpc) is 2.70. The Kier molecular flexibility index (Phi) is 3.62. The fourth-order valence-corrected chi connectivity index (χ4v) is 2.83. The largest absolute Gasteiger partial charge is 0.341 e. The molecular formula is C12H22N2O. The molecular weight excluding hydrogens is 188 g/mol. The third kappa shape index (κ3) is 2.94. The number of piperidine rings is 1. The molecule has 0 bridgehead atoms. The van der Waals surface area contributed by atoms with Crippen LogP contribution in [0.2, 0.25) is 0 Å². The number of amides is 1. The summed E-state index contributed by atoms with van der Waals surface area (Å²) in [4.78, 5) is 13.9. The van der Waals surface area contributed by atoms with E-state index in [2.05, 4.69) is 0 Å². The van der Waals surface area contributed by atoms with E-state index in [4.69, 9.17) is 5.73 Å². The van der Waals surface area contributed by atoms with Crippen LogP contribution in [0.25, 0.3) is 0 Å². The summed E-state index contributed by atoms with van der Waals surface area (Å²) in [6, 6.07) is 0.214. The lowest BCUT2D eigenvalue weighted by Crippen LogP contribution is -2.46. The Labute approximate surface area is 92.0 Å². The second kappa shape index (κ2) is 4.97. The second-order valence-corrected chi connectivity index (χ2v) is 5.10. The van der Waals surface area contributed by atoms with Gasteiger partial charge in [-0.25, -0.2) is 0 Å². The number of nitrogens with zero attached hydrogens (tertiary/aromatic N) is 1. The van der Waals surface area contributed by atoms with Gasteiger partial charge < -0.3 is 10.6 Å². The Morgan fingerprint density at radius 2 is 1.93 bits per heavy atom. The van der Waals surface area contributed by atoms with Crippen LogP contribution in [0.4, 0.5) is 0 Å². The number of likely N-dealkylation sites (tertiary alicyclic amines) is 1. The lowest BCUT2D eigenvalue weighted by atomic mass is 10.0. The molecule has 0 radical (unpaired) electrons. The minimum atomic E-state index is 0.214. The van der Waals surface area contributed by atoms with Crippen molar-refractivity contribution < 1.29 is 4.79 Å². The zero-order valence-electron chi connectivity index (χ0n) is 9.45. The Morgan fingerprint density at radius 1 is 1.20 bits per heavy atom. The van der Waals surface area contributed by atoms with Gasteiger partial charge in [-0.2, -0.15) is 0 Å². The number of hydrogen-bond donors (Lipinski definition) is 1. The van der Waals surface area contributed by atoms with Gasteiger partial charge in [0.05, 0.1) is 0 Å². The summed E-state index contributed by atoms with van der Waals surface area (Å²) in [6.07, 6.45) is 8.07. The van der Waals surface area contributed by atoms with Crippen LogP contribution < -0.4 is 5.73 Å². The molecule has 15 heavy (non-hydrogen) atoms. The first kappa shape index (κ1) is 10.9. The molecule has 86 valence electrons. The highest BCUT2D eigenvalue weighted by molar-refractivity contribution is 5.76. The minimum Gasteiger partial charge on any atom is -0.341 e. The van der Waals surface area contributed by atoms with Crippen LogP contribution in [-0.4, -0.2) is 29.9 Å². The molecule has 2 N–H and O–H groups in total. The van der Waals surface area contributed by atoms with Crippen LogP contribution in [0.3, 0.4) is 0 Å². The molecule has 1 aliphatic carbocycles. The fourth-order valence-electron chi connectivity index (χ4n) is 2.83. The van der Waals surface area contributed by atoms with Gasteiger partial charge in [-0.3, -0.25) is 4.79 Å². The van der Waals surface area contributed by atoms with Gasteiger partial charge in [0.15, 0.2) is 0 Å². The molecule has 1 amide bonds. The van der Waals surface area contributed by atoms with Gasteiger partial charge in [0.1, 0.15) is 0 Å². The molecule has 3 heteroatoms. The van der Waals surface area contributed by atoms with E-state index in [9.17, 15) is 4.79 Å². The Bertz CT molecular complexity index is 224. The Balaban J connectivity index is 1.78. The van der Waals surface area contributed by atoms with Crippen LogP contribution in [0, 0.1) is 5.92 Å². The molecule has 2 rings (SSSR count). The molecule has 1 saturated heterocycles. The van der Waals surface area contributed by atoms with E-state index in [1.165, 1.54) is 25.7 Å². The Morgan fingerprint density at radius 3 is 2.60 bits per heavy atom. The van der Waals surface area contributed by atoms with Gasteiger partial charge in [-0.05, 0) is 31.6 Å². The number of rotatable bonds is 2. The third-order valence-electron chi connectivity index (χ3n) is 3.75. The molecule has 1 saturated carbocycles. The van der Waals surface area contributed by atoms with Crippen molar-refractivity contribution in [2.24, 2.45) is 11.7 Å². The molecule has 1 atom stereocenters. The maximum Gasteiger partial charge on any atom is 0.222 e. The van der Waals surface area contributed by atoms with Crippen molar-refractivity contribution in [3.05, 3.63) is 0 Å². The van der Waals surface area contributed by atoms with Crippen molar-refractivity contribution in [1.82, 2.24) is 4.90 Å². The molecule has 3 nitrogen and oxygen atoms in total. The third-order valence-corrected chi connectivity index (χ3v) is 3.75. The van der Waals surface area contributed by atoms with E-state index in [0.29, 0.717) is 11.8 Å².